The topological polar surface area (TPSA) is 193 Å². The first-order chi connectivity index (χ1) is 23.9. The van der Waals surface area contributed by atoms with Crippen LogP contribution >= 0.6 is 0 Å². The number of nitrogens with one attached hydrogen (secondary N) is 3. The molecule has 2 aromatic rings. The Morgan fingerprint density at radius 2 is 1.92 bits per heavy atom. The zero-order chi connectivity index (χ0) is 35.8. The van der Waals surface area contributed by atoms with Gasteiger partial charge in [0.1, 0.15) is 29.5 Å². The average Bonchev–Trinajstić information content (AvgIpc) is 4.01. The van der Waals surface area contributed by atoms with Crippen LogP contribution in [0.4, 0.5) is 4.79 Å². The molecule has 14 nitrogen and oxygen atoms in total. The van der Waals surface area contributed by atoms with Crippen LogP contribution in [-0.2, 0) is 24.4 Å². The van der Waals surface area contributed by atoms with Crippen molar-refractivity contribution in [3.8, 4) is 11.6 Å². The summed E-state index contributed by atoms with van der Waals surface area (Å²) in [6.45, 7) is 3.90. The van der Waals surface area contributed by atoms with Crippen LogP contribution in [0.3, 0.4) is 0 Å². The fourth-order valence-corrected chi connectivity index (χ4v) is 8.79. The Bertz CT molecular complexity index is 1800. The van der Waals surface area contributed by atoms with Crippen molar-refractivity contribution in [1.82, 2.24) is 25.2 Å². The molecule has 4 aliphatic rings. The number of nitrogens with zero attached hydrogens (tertiary/aromatic N) is 2. The van der Waals surface area contributed by atoms with Crippen LogP contribution in [0.1, 0.15) is 65.2 Å². The van der Waals surface area contributed by atoms with Gasteiger partial charge < -0.3 is 30.1 Å². The summed E-state index contributed by atoms with van der Waals surface area (Å²) in [6.07, 6.45) is 6.93. The van der Waals surface area contributed by atoms with E-state index in [1.165, 1.54) is 4.90 Å². The molecule has 1 saturated heterocycles. The van der Waals surface area contributed by atoms with Gasteiger partial charge in [-0.15, -0.1) is 0 Å². The van der Waals surface area contributed by atoms with Crippen LogP contribution in [-0.4, -0.2) is 89.9 Å². The first-order valence-electron chi connectivity index (χ1n) is 17.3. The third kappa shape index (κ3) is 7.23. The molecular formula is C35H45N5O9S. The number of hydrogen-bond donors (Lipinski definition) is 4. The van der Waals surface area contributed by atoms with Crippen LogP contribution < -0.4 is 24.8 Å². The maximum Gasteiger partial charge on any atom is 0.405 e. The number of fused-ring (bicyclic) bond motifs is 3. The van der Waals surface area contributed by atoms with Crippen LogP contribution in [0.5, 0.6) is 11.6 Å². The van der Waals surface area contributed by atoms with Gasteiger partial charge in [-0.1, -0.05) is 38.5 Å². The van der Waals surface area contributed by atoms with Gasteiger partial charge in [0.25, 0.3) is 5.91 Å². The quantitative estimate of drug-likeness (QED) is 0.296. The summed E-state index contributed by atoms with van der Waals surface area (Å²) < 4.78 is 39.6. The summed E-state index contributed by atoms with van der Waals surface area (Å²) in [5.41, 5.74) is -1.52. The van der Waals surface area contributed by atoms with E-state index in [9.17, 15) is 32.7 Å². The van der Waals surface area contributed by atoms with Gasteiger partial charge in [0, 0.05) is 29.3 Å². The Morgan fingerprint density at radius 1 is 1.14 bits per heavy atom. The molecule has 2 aliphatic heterocycles. The normalized spacial score (nSPS) is 30.9. The Kier molecular flexibility index (Phi) is 9.98. The molecule has 1 aromatic heterocycles. The summed E-state index contributed by atoms with van der Waals surface area (Å²) in [7, 11) is -2.34. The van der Waals surface area contributed by atoms with Crippen molar-refractivity contribution in [3.63, 3.8) is 0 Å². The van der Waals surface area contributed by atoms with Gasteiger partial charge in [-0.3, -0.25) is 19.1 Å². The third-order valence-corrected chi connectivity index (χ3v) is 12.3. The molecule has 0 bridgehead atoms. The van der Waals surface area contributed by atoms with E-state index in [0.717, 1.165) is 11.8 Å². The molecule has 4 amide bonds. The highest BCUT2D eigenvalue weighted by Crippen LogP contribution is 2.46. The molecule has 0 spiro atoms. The first-order valence-corrected chi connectivity index (χ1v) is 18.8. The van der Waals surface area contributed by atoms with Crippen molar-refractivity contribution < 1.29 is 42.2 Å². The van der Waals surface area contributed by atoms with Gasteiger partial charge in [-0.2, -0.15) is 0 Å². The Morgan fingerprint density at radius 3 is 2.62 bits per heavy atom. The zero-order valence-electron chi connectivity index (χ0n) is 28.5. The number of ether oxygens (including phenoxy) is 2. The highest BCUT2D eigenvalue weighted by molar-refractivity contribution is 7.91. The second-order valence-electron chi connectivity index (χ2n) is 14.0. The number of aromatic nitrogens is 1. The lowest BCUT2D eigenvalue weighted by Crippen LogP contribution is -2.59. The summed E-state index contributed by atoms with van der Waals surface area (Å²) in [5.74, 6) is -1.80. The minimum Gasteiger partial charge on any atom is -0.496 e. The smallest absolute Gasteiger partial charge is 0.405 e. The van der Waals surface area contributed by atoms with Crippen molar-refractivity contribution in [2.75, 3.05) is 13.7 Å². The second-order valence-corrected chi connectivity index (χ2v) is 16.0. The highest BCUT2D eigenvalue weighted by atomic mass is 32.2. The van der Waals surface area contributed by atoms with E-state index in [2.05, 4.69) is 20.3 Å². The number of methoxy groups -OCH3 is 1. The van der Waals surface area contributed by atoms with Crippen molar-refractivity contribution in [2.24, 2.45) is 17.8 Å². The van der Waals surface area contributed by atoms with Crippen molar-refractivity contribution in [1.29, 1.82) is 0 Å². The number of sulfonamides is 1. The molecule has 3 heterocycles. The van der Waals surface area contributed by atoms with Crippen molar-refractivity contribution in [3.05, 3.63) is 42.6 Å². The van der Waals surface area contributed by atoms with Gasteiger partial charge in [-0.25, -0.2) is 18.2 Å². The minimum atomic E-state index is -3.90. The molecule has 4 N–H and O–H groups in total. The van der Waals surface area contributed by atoms with E-state index in [0.29, 0.717) is 43.2 Å². The Hall–Kier alpha value is -4.40. The van der Waals surface area contributed by atoms with Crippen molar-refractivity contribution in [2.45, 2.75) is 94.2 Å². The Balaban J connectivity index is 1.35. The summed E-state index contributed by atoms with van der Waals surface area (Å²) in [5, 5.41) is 15.9. The molecular weight excluding hydrogens is 666 g/mol. The number of carboxylic acid groups (broad SMARTS) is 1. The fraction of sp³-hybridized carbons (Fsp3) is 0.571. The molecule has 15 heteroatoms. The number of carbonyl (C=O) groups excluding carboxylic acids is 3. The molecule has 2 aliphatic carbocycles. The molecule has 7 atom stereocenters. The van der Waals surface area contributed by atoms with Crippen LogP contribution in [0.25, 0.3) is 10.8 Å². The number of allylic oxidation sites excluding steroid dienone is 1. The molecule has 270 valence electrons. The predicted molar refractivity (Wildman–Crippen MR) is 183 cm³/mol. The molecule has 50 heavy (non-hydrogen) atoms. The lowest BCUT2D eigenvalue weighted by molar-refractivity contribution is -0.142. The van der Waals surface area contributed by atoms with E-state index in [4.69, 9.17) is 9.47 Å². The van der Waals surface area contributed by atoms with Gasteiger partial charge >= 0.3 is 6.09 Å². The van der Waals surface area contributed by atoms with Crippen LogP contribution in [0.2, 0.25) is 0 Å². The fourth-order valence-electron chi connectivity index (χ4n) is 7.43. The molecule has 2 saturated carbocycles. The van der Waals surface area contributed by atoms with Gasteiger partial charge in [0.15, 0.2) is 0 Å². The average molecular weight is 712 g/mol. The molecule has 0 unspecified atom stereocenters. The summed E-state index contributed by atoms with van der Waals surface area (Å²) in [4.78, 5) is 60.2. The van der Waals surface area contributed by atoms with Crippen LogP contribution in [0, 0.1) is 17.8 Å². The van der Waals surface area contributed by atoms with Gasteiger partial charge in [-0.05, 0) is 68.6 Å². The standard InChI is InChI=1S/C35H45N5O9S/c1-4-21-16-20(2)8-5-6-9-22-18-35(22,33(43)39-50(46,47)24-12-13-24)38-30(41)27-17-23(19-40(27)32(42)29(21)37-34(44)45)49-31-26-10-7-11-28(48-3)25(26)14-15-36-31/h6-7,9-11,14-15,20-24,27,29,37H,4-5,8,12-13,16-19H2,1-3H3,(H,38,41)(H,39,43)(H,44,45)/b9-6-/t20-,21+,22+,23+,27-,29-,35+/m0/s1. The summed E-state index contributed by atoms with van der Waals surface area (Å²) in [6, 6.07) is 4.94. The van der Waals surface area contributed by atoms with E-state index < -0.39 is 68.7 Å². The largest absolute Gasteiger partial charge is 0.496 e. The van der Waals surface area contributed by atoms with Crippen LogP contribution in [0.15, 0.2) is 42.6 Å². The molecule has 1 aromatic carbocycles. The number of pyridine rings is 1. The third-order valence-electron chi connectivity index (χ3n) is 10.5. The number of benzene rings is 1. The molecule has 3 fully saturated rings. The van der Waals surface area contributed by atoms with Gasteiger partial charge in [0.2, 0.25) is 27.7 Å². The lowest BCUT2D eigenvalue weighted by atomic mass is 9.85. The van der Waals surface area contributed by atoms with E-state index in [1.807, 2.05) is 38.1 Å². The predicted octanol–water partition coefficient (Wildman–Crippen LogP) is 3.11. The number of hydrogen-bond acceptors (Lipinski definition) is 9. The highest BCUT2D eigenvalue weighted by Gasteiger charge is 2.62. The van der Waals surface area contributed by atoms with E-state index in [-0.39, 0.29) is 37.1 Å². The zero-order valence-corrected chi connectivity index (χ0v) is 29.3. The summed E-state index contributed by atoms with van der Waals surface area (Å²) >= 11 is 0. The number of amides is 4. The number of rotatable bonds is 8. The van der Waals surface area contributed by atoms with E-state index >= 15 is 0 Å². The first kappa shape index (κ1) is 35.4. The van der Waals surface area contributed by atoms with Gasteiger partial charge in [0.05, 0.1) is 18.9 Å². The van der Waals surface area contributed by atoms with Crippen molar-refractivity contribution >= 4 is 44.6 Å². The lowest BCUT2D eigenvalue weighted by Gasteiger charge is -2.33. The SMILES string of the molecule is CC[C@@H]1C[C@@H](C)CC/C=C\[C@@H]2C[C@@]2(C(=O)NS(=O)(=O)C2CC2)NC(=O)[C@@H]2C[C@@H](Oc3nccc4c(OC)cccc34)CN2C(=O)[C@H]1NC(=O)O. The molecule has 6 rings (SSSR count). The van der Waals surface area contributed by atoms with E-state index in [1.54, 1.807) is 25.4 Å². The maximum atomic E-state index is 14.5. The maximum absolute atomic E-state index is 14.5. The minimum absolute atomic E-state index is 0.0190. The second kappa shape index (κ2) is 14.1. The molecule has 0 radical (unpaired) electrons. The Labute approximate surface area is 291 Å². The number of carbonyl (C=O) groups is 4. The monoisotopic (exact) mass is 711 g/mol.